The van der Waals surface area contributed by atoms with Gasteiger partial charge in [0.15, 0.2) is 0 Å². The van der Waals surface area contributed by atoms with Gasteiger partial charge in [-0.05, 0) is 18.8 Å². The average Bonchev–Trinajstić information content (AvgIpc) is 2.33. The molecule has 5 nitrogen and oxygen atoms in total. The molecule has 1 saturated heterocycles. The highest BCUT2D eigenvalue weighted by Gasteiger charge is 2.48. The van der Waals surface area contributed by atoms with Gasteiger partial charge in [0.05, 0.1) is 0 Å². The smallest absolute Gasteiger partial charge is 0.407 e. The van der Waals surface area contributed by atoms with Crippen LogP contribution in [0.2, 0.25) is 0 Å². The zero-order valence-corrected chi connectivity index (χ0v) is 14.5. The van der Waals surface area contributed by atoms with Crippen LogP contribution in [0.5, 0.6) is 0 Å². The summed E-state index contributed by atoms with van der Waals surface area (Å²) in [7, 11) is 0. The number of carbonyl (C=O) groups excluding carboxylic acids is 1. The molecule has 0 saturated carbocycles. The Morgan fingerprint density at radius 1 is 1.30 bits per heavy atom. The van der Waals surface area contributed by atoms with Gasteiger partial charge in [-0.3, -0.25) is 4.79 Å². The fourth-order valence-electron chi connectivity index (χ4n) is 3.17. The molecule has 1 fully saturated rings. The Morgan fingerprint density at radius 2 is 1.87 bits per heavy atom. The molecule has 1 amide bonds. The Hall–Kier alpha value is -1.40. The number of hydrogen-bond donors (Lipinski definition) is 1. The molecule has 23 heavy (non-hydrogen) atoms. The van der Waals surface area contributed by atoms with Crippen LogP contribution in [0, 0.1) is 5.41 Å². The highest BCUT2D eigenvalue weighted by molar-refractivity contribution is 5.67. The Labute approximate surface area is 136 Å². The van der Waals surface area contributed by atoms with Crippen molar-refractivity contribution in [2.45, 2.75) is 77.9 Å². The van der Waals surface area contributed by atoms with Crippen molar-refractivity contribution in [2.75, 3.05) is 6.54 Å². The molecule has 0 bridgehead atoms. The fourth-order valence-corrected chi connectivity index (χ4v) is 3.17. The van der Waals surface area contributed by atoms with Crippen LogP contribution in [-0.2, 0) is 9.53 Å². The standard InChI is InChI=1S/C16H27F2NO4/c1-11(20)23-16(7-6-15(5,17)18)8-9-19(13(21)22)12(10-16)14(2,3)4/h12H,6-10H2,1-5H3,(H,21,22). The summed E-state index contributed by atoms with van der Waals surface area (Å²) in [6.07, 6.45) is -0.942. The summed E-state index contributed by atoms with van der Waals surface area (Å²) in [5.74, 6) is -3.38. The largest absolute Gasteiger partial charge is 0.465 e. The average molecular weight is 335 g/mol. The van der Waals surface area contributed by atoms with Crippen molar-refractivity contribution in [1.82, 2.24) is 4.90 Å². The fraction of sp³-hybridized carbons (Fsp3) is 0.875. The van der Waals surface area contributed by atoms with E-state index in [4.69, 9.17) is 4.74 Å². The third-order valence-corrected chi connectivity index (χ3v) is 4.38. The second-order valence-corrected chi connectivity index (χ2v) is 7.66. The van der Waals surface area contributed by atoms with E-state index in [9.17, 15) is 23.5 Å². The van der Waals surface area contributed by atoms with Gasteiger partial charge in [0.2, 0.25) is 5.92 Å². The molecular weight excluding hydrogens is 308 g/mol. The molecule has 0 aromatic rings. The number of hydrogen-bond acceptors (Lipinski definition) is 3. The van der Waals surface area contributed by atoms with E-state index in [1.54, 1.807) is 0 Å². The number of amides is 1. The van der Waals surface area contributed by atoms with Crippen LogP contribution in [-0.4, -0.2) is 46.2 Å². The molecule has 0 spiro atoms. The number of likely N-dealkylation sites (tertiary alicyclic amines) is 1. The number of esters is 1. The van der Waals surface area contributed by atoms with Gasteiger partial charge in [0, 0.05) is 38.8 Å². The van der Waals surface area contributed by atoms with Crippen molar-refractivity contribution in [3.63, 3.8) is 0 Å². The van der Waals surface area contributed by atoms with Crippen LogP contribution in [0.25, 0.3) is 0 Å². The van der Waals surface area contributed by atoms with E-state index in [0.717, 1.165) is 6.92 Å². The molecule has 0 aromatic carbocycles. The molecule has 0 aromatic heterocycles. The van der Waals surface area contributed by atoms with Gasteiger partial charge in [-0.1, -0.05) is 20.8 Å². The first-order chi connectivity index (χ1) is 10.3. The van der Waals surface area contributed by atoms with E-state index in [2.05, 4.69) is 0 Å². The van der Waals surface area contributed by atoms with Crippen molar-refractivity contribution in [3.05, 3.63) is 0 Å². The second-order valence-electron chi connectivity index (χ2n) is 7.66. The topological polar surface area (TPSA) is 66.8 Å². The molecule has 1 aliphatic rings. The van der Waals surface area contributed by atoms with E-state index in [-0.39, 0.29) is 31.2 Å². The molecule has 0 aliphatic carbocycles. The van der Waals surface area contributed by atoms with E-state index < -0.39 is 36.0 Å². The van der Waals surface area contributed by atoms with Crippen molar-refractivity contribution < 1.29 is 28.2 Å². The van der Waals surface area contributed by atoms with E-state index in [1.165, 1.54) is 11.8 Å². The summed E-state index contributed by atoms with van der Waals surface area (Å²) in [5.41, 5.74) is -1.42. The molecule has 0 radical (unpaired) electrons. The highest BCUT2D eigenvalue weighted by atomic mass is 19.3. The Bertz CT molecular complexity index is 456. The summed E-state index contributed by atoms with van der Waals surface area (Å²) in [4.78, 5) is 24.3. The SMILES string of the molecule is CC(=O)OC1(CCC(C)(F)F)CCN(C(=O)O)C(C(C)(C)C)C1. The maximum atomic E-state index is 13.3. The summed E-state index contributed by atoms with van der Waals surface area (Å²) >= 11 is 0. The number of carbonyl (C=O) groups is 2. The van der Waals surface area contributed by atoms with Gasteiger partial charge in [-0.15, -0.1) is 0 Å². The summed E-state index contributed by atoms with van der Waals surface area (Å²) in [5, 5.41) is 9.38. The van der Waals surface area contributed by atoms with Gasteiger partial charge >= 0.3 is 12.1 Å². The quantitative estimate of drug-likeness (QED) is 0.791. The van der Waals surface area contributed by atoms with Crippen molar-refractivity contribution in [2.24, 2.45) is 5.41 Å². The number of carboxylic acid groups (broad SMARTS) is 1. The van der Waals surface area contributed by atoms with Gasteiger partial charge < -0.3 is 14.7 Å². The Morgan fingerprint density at radius 3 is 2.26 bits per heavy atom. The predicted molar refractivity (Wildman–Crippen MR) is 81.6 cm³/mol. The zero-order valence-electron chi connectivity index (χ0n) is 14.5. The lowest BCUT2D eigenvalue weighted by atomic mass is 9.73. The Balaban J connectivity index is 3.07. The predicted octanol–water partition coefficient (Wildman–Crippen LogP) is 3.91. The maximum absolute atomic E-state index is 13.3. The number of piperidine rings is 1. The summed E-state index contributed by atoms with van der Waals surface area (Å²) in [6.45, 7) is 7.94. The van der Waals surface area contributed by atoms with Crippen LogP contribution in [0.3, 0.4) is 0 Å². The molecule has 1 N–H and O–H groups in total. The second kappa shape index (κ2) is 6.61. The van der Waals surface area contributed by atoms with Crippen LogP contribution in [0.15, 0.2) is 0 Å². The minimum absolute atomic E-state index is 0.0239. The lowest BCUT2D eigenvalue weighted by Crippen LogP contribution is -2.58. The van der Waals surface area contributed by atoms with E-state index in [0.29, 0.717) is 0 Å². The van der Waals surface area contributed by atoms with Gasteiger partial charge in [0.25, 0.3) is 0 Å². The minimum Gasteiger partial charge on any atom is -0.465 e. The number of halogens is 2. The molecule has 1 heterocycles. The van der Waals surface area contributed by atoms with Gasteiger partial charge in [-0.2, -0.15) is 0 Å². The van der Waals surface area contributed by atoms with Crippen molar-refractivity contribution in [1.29, 1.82) is 0 Å². The van der Waals surface area contributed by atoms with E-state index >= 15 is 0 Å². The molecule has 134 valence electrons. The van der Waals surface area contributed by atoms with Gasteiger partial charge in [-0.25, -0.2) is 13.6 Å². The third-order valence-electron chi connectivity index (χ3n) is 4.38. The highest BCUT2D eigenvalue weighted by Crippen LogP contribution is 2.42. The van der Waals surface area contributed by atoms with Crippen LogP contribution < -0.4 is 0 Å². The van der Waals surface area contributed by atoms with Crippen molar-refractivity contribution in [3.8, 4) is 0 Å². The summed E-state index contributed by atoms with van der Waals surface area (Å²) in [6, 6.07) is -0.404. The minimum atomic E-state index is -2.85. The maximum Gasteiger partial charge on any atom is 0.407 e. The molecule has 7 heteroatoms. The monoisotopic (exact) mass is 335 g/mol. The molecule has 1 rings (SSSR count). The van der Waals surface area contributed by atoms with Gasteiger partial charge in [0.1, 0.15) is 5.60 Å². The lowest BCUT2D eigenvalue weighted by molar-refractivity contribution is -0.170. The first-order valence-corrected chi connectivity index (χ1v) is 7.83. The lowest BCUT2D eigenvalue weighted by Gasteiger charge is -2.49. The molecular formula is C16H27F2NO4. The number of alkyl halides is 2. The first-order valence-electron chi connectivity index (χ1n) is 7.83. The number of ether oxygens (including phenoxy) is 1. The third kappa shape index (κ3) is 5.62. The summed E-state index contributed by atoms with van der Waals surface area (Å²) < 4.78 is 32.0. The van der Waals surface area contributed by atoms with Crippen LogP contribution in [0.1, 0.15) is 60.3 Å². The number of rotatable bonds is 4. The zero-order chi connectivity index (χ0) is 18.1. The van der Waals surface area contributed by atoms with Crippen LogP contribution in [0.4, 0.5) is 13.6 Å². The van der Waals surface area contributed by atoms with Crippen molar-refractivity contribution >= 4 is 12.1 Å². The molecule has 1 aliphatic heterocycles. The first kappa shape index (κ1) is 19.6. The van der Waals surface area contributed by atoms with E-state index in [1.807, 2.05) is 20.8 Å². The molecule has 2 unspecified atom stereocenters. The number of nitrogens with zero attached hydrogens (tertiary/aromatic N) is 1. The Kier molecular flexibility index (Phi) is 5.65. The normalized spacial score (nSPS) is 26.0. The molecule has 2 atom stereocenters. The van der Waals surface area contributed by atoms with Crippen LogP contribution >= 0.6 is 0 Å².